The molecule has 0 saturated carbocycles. The second kappa shape index (κ2) is 6.78. The molecule has 0 aliphatic heterocycles. The summed E-state index contributed by atoms with van der Waals surface area (Å²) in [6.45, 7) is 6.05. The summed E-state index contributed by atoms with van der Waals surface area (Å²) in [5.74, 6) is 0.0816. The molecule has 0 fully saturated rings. The second-order valence-electron chi connectivity index (χ2n) is 4.67. The van der Waals surface area contributed by atoms with Gasteiger partial charge in [-0.25, -0.2) is 4.79 Å². The van der Waals surface area contributed by atoms with Crippen LogP contribution in [0.2, 0.25) is 0 Å². The average Bonchev–Trinajstić information content (AvgIpc) is 2.38. The van der Waals surface area contributed by atoms with Crippen molar-refractivity contribution in [2.45, 2.75) is 26.7 Å². The van der Waals surface area contributed by atoms with Crippen molar-refractivity contribution in [2.24, 2.45) is 0 Å². The van der Waals surface area contributed by atoms with Crippen LogP contribution >= 0.6 is 0 Å². The van der Waals surface area contributed by atoms with Crippen LogP contribution in [0.25, 0.3) is 0 Å². The number of carbonyl (C=O) groups excluding carboxylic acids is 2. The fraction of sp³-hybridized carbons (Fsp3) is 0.429. The number of urea groups is 1. The van der Waals surface area contributed by atoms with Gasteiger partial charge in [0.1, 0.15) is 0 Å². The number of nitrogens with one attached hydrogen (secondary N) is 3. The Morgan fingerprint density at radius 1 is 1.26 bits per heavy atom. The first kappa shape index (κ1) is 15.0. The van der Waals surface area contributed by atoms with E-state index in [4.69, 9.17) is 0 Å². The zero-order valence-electron chi connectivity index (χ0n) is 11.8. The highest BCUT2D eigenvalue weighted by atomic mass is 16.2. The molecule has 0 aromatic heterocycles. The van der Waals surface area contributed by atoms with E-state index in [1.54, 1.807) is 0 Å². The van der Waals surface area contributed by atoms with Crippen molar-refractivity contribution in [3.63, 3.8) is 0 Å². The van der Waals surface area contributed by atoms with Gasteiger partial charge in [-0.3, -0.25) is 4.79 Å². The van der Waals surface area contributed by atoms with Gasteiger partial charge in [0.25, 0.3) is 0 Å². The number of benzene rings is 1. The Balaban J connectivity index is 2.76. The molecular weight excluding hydrogens is 242 g/mol. The lowest BCUT2D eigenvalue weighted by Crippen LogP contribution is -2.37. The Kier molecular flexibility index (Phi) is 5.36. The molecule has 104 valence electrons. The van der Waals surface area contributed by atoms with Gasteiger partial charge in [0.2, 0.25) is 5.91 Å². The van der Waals surface area contributed by atoms with Crippen molar-refractivity contribution in [2.75, 3.05) is 18.9 Å². The van der Waals surface area contributed by atoms with E-state index in [9.17, 15) is 9.59 Å². The number of likely N-dealkylation sites (N-methyl/N-ethyl adjacent to an activating group) is 1. The van der Waals surface area contributed by atoms with Gasteiger partial charge in [-0.2, -0.15) is 0 Å². The highest BCUT2D eigenvalue weighted by Crippen LogP contribution is 2.27. The molecule has 19 heavy (non-hydrogen) atoms. The Hall–Kier alpha value is -2.04. The van der Waals surface area contributed by atoms with Gasteiger partial charge in [-0.1, -0.05) is 32.0 Å². The summed E-state index contributed by atoms with van der Waals surface area (Å²) in [4.78, 5) is 22.8. The highest BCUT2D eigenvalue weighted by Gasteiger charge is 2.12. The lowest BCUT2D eigenvalue weighted by atomic mass is 9.98. The van der Waals surface area contributed by atoms with E-state index in [0.29, 0.717) is 5.92 Å². The number of hydrogen-bond donors (Lipinski definition) is 3. The SMILES string of the molecule is CNC(=O)CNC(=O)Nc1c(C)cccc1C(C)C. The standard InChI is InChI=1S/C14H21N3O2/c1-9(2)11-7-5-6-10(3)13(11)17-14(19)16-8-12(18)15-4/h5-7,9H,8H2,1-4H3,(H,15,18)(H2,16,17,19). The molecule has 0 aliphatic rings. The summed E-state index contributed by atoms with van der Waals surface area (Å²) < 4.78 is 0. The molecule has 1 aromatic rings. The third kappa shape index (κ3) is 4.28. The third-order valence-electron chi connectivity index (χ3n) is 2.85. The maximum absolute atomic E-state index is 11.8. The molecule has 0 aliphatic carbocycles. The van der Waals surface area contributed by atoms with Crippen molar-refractivity contribution >= 4 is 17.6 Å². The number of anilines is 1. The van der Waals surface area contributed by atoms with E-state index < -0.39 is 0 Å². The fourth-order valence-electron chi connectivity index (χ4n) is 1.75. The predicted molar refractivity (Wildman–Crippen MR) is 76.4 cm³/mol. The fourth-order valence-corrected chi connectivity index (χ4v) is 1.75. The maximum Gasteiger partial charge on any atom is 0.319 e. The Morgan fingerprint density at radius 2 is 1.95 bits per heavy atom. The molecule has 3 amide bonds. The maximum atomic E-state index is 11.8. The van der Waals surface area contributed by atoms with Crippen LogP contribution in [0, 0.1) is 6.92 Å². The molecule has 0 bridgehead atoms. The van der Waals surface area contributed by atoms with Gasteiger partial charge >= 0.3 is 6.03 Å². The van der Waals surface area contributed by atoms with Crippen LogP contribution in [0.4, 0.5) is 10.5 Å². The first-order valence-electron chi connectivity index (χ1n) is 6.30. The first-order chi connectivity index (χ1) is 8.95. The average molecular weight is 263 g/mol. The zero-order chi connectivity index (χ0) is 14.4. The number of aryl methyl sites for hydroxylation is 1. The molecule has 0 saturated heterocycles. The Morgan fingerprint density at radius 3 is 2.53 bits per heavy atom. The molecule has 5 heteroatoms. The van der Waals surface area contributed by atoms with E-state index in [-0.39, 0.29) is 18.5 Å². The zero-order valence-corrected chi connectivity index (χ0v) is 11.8. The van der Waals surface area contributed by atoms with Crippen LogP contribution < -0.4 is 16.0 Å². The van der Waals surface area contributed by atoms with Crippen molar-refractivity contribution in [3.8, 4) is 0 Å². The monoisotopic (exact) mass is 263 g/mol. The van der Waals surface area contributed by atoms with Gasteiger partial charge in [0.05, 0.1) is 6.54 Å². The summed E-state index contributed by atoms with van der Waals surface area (Å²) >= 11 is 0. The van der Waals surface area contributed by atoms with E-state index in [1.807, 2.05) is 25.1 Å². The van der Waals surface area contributed by atoms with Crippen molar-refractivity contribution in [3.05, 3.63) is 29.3 Å². The van der Waals surface area contributed by atoms with Gasteiger partial charge < -0.3 is 16.0 Å². The van der Waals surface area contributed by atoms with Gasteiger partial charge in [0, 0.05) is 12.7 Å². The Labute approximate surface area is 113 Å². The minimum Gasteiger partial charge on any atom is -0.358 e. The van der Waals surface area contributed by atoms with Crippen molar-refractivity contribution in [1.82, 2.24) is 10.6 Å². The Bertz CT molecular complexity index is 470. The van der Waals surface area contributed by atoms with Crippen LogP contribution in [0.3, 0.4) is 0 Å². The van der Waals surface area contributed by atoms with Crippen LogP contribution in [-0.4, -0.2) is 25.5 Å². The summed E-state index contributed by atoms with van der Waals surface area (Å²) in [6.07, 6.45) is 0. The molecule has 1 aromatic carbocycles. The summed E-state index contributed by atoms with van der Waals surface area (Å²) in [6, 6.07) is 5.53. The number of rotatable bonds is 4. The minimum atomic E-state index is -0.375. The lowest BCUT2D eigenvalue weighted by molar-refractivity contribution is -0.119. The number of amides is 3. The minimum absolute atomic E-state index is 0.0365. The van der Waals surface area contributed by atoms with Crippen molar-refractivity contribution in [1.29, 1.82) is 0 Å². The molecule has 0 unspecified atom stereocenters. The molecule has 0 radical (unpaired) electrons. The normalized spacial score (nSPS) is 10.2. The molecule has 0 heterocycles. The molecule has 0 spiro atoms. The van der Waals surface area contributed by atoms with E-state index in [0.717, 1.165) is 16.8 Å². The van der Waals surface area contributed by atoms with E-state index in [2.05, 4.69) is 29.8 Å². The summed E-state index contributed by atoms with van der Waals surface area (Å²) in [5, 5.41) is 7.77. The predicted octanol–water partition coefficient (Wildman–Crippen LogP) is 1.99. The quantitative estimate of drug-likeness (QED) is 0.777. The number of para-hydroxylation sites is 1. The highest BCUT2D eigenvalue weighted by molar-refractivity contribution is 5.93. The first-order valence-corrected chi connectivity index (χ1v) is 6.30. The molecule has 5 nitrogen and oxygen atoms in total. The van der Waals surface area contributed by atoms with E-state index >= 15 is 0 Å². The second-order valence-corrected chi connectivity index (χ2v) is 4.67. The third-order valence-corrected chi connectivity index (χ3v) is 2.85. The van der Waals surface area contributed by atoms with Crippen LogP contribution in [0.15, 0.2) is 18.2 Å². The molecular formula is C14H21N3O2. The smallest absolute Gasteiger partial charge is 0.319 e. The van der Waals surface area contributed by atoms with Gasteiger partial charge in [-0.15, -0.1) is 0 Å². The van der Waals surface area contributed by atoms with E-state index in [1.165, 1.54) is 7.05 Å². The number of hydrogen-bond acceptors (Lipinski definition) is 2. The molecule has 1 rings (SSSR count). The molecule has 3 N–H and O–H groups in total. The molecule has 0 atom stereocenters. The number of carbonyl (C=O) groups is 2. The lowest BCUT2D eigenvalue weighted by Gasteiger charge is -2.16. The van der Waals surface area contributed by atoms with Crippen LogP contribution in [0.1, 0.15) is 30.9 Å². The van der Waals surface area contributed by atoms with Gasteiger partial charge in [-0.05, 0) is 24.0 Å². The van der Waals surface area contributed by atoms with Gasteiger partial charge in [0.15, 0.2) is 0 Å². The summed E-state index contributed by atoms with van der Waals surface area (Å²) in [7, 11) is 1.53. The van der Waals surface area contributed by atoms with Crippen molar-refractivity contribution < 1.29 is 9.59 Å². The summed E-state index contributed by atoms with van der Waals surface area (Å²) in [5.41, 5.74) is 2.89. The largest absolute Gasteiger partial charge is 0.358 e. The topological polar surface area (TPSA) is 70.2 Å². The van der Waals surface area contributed by atoms with Crippen LogP contribution in [-0.2, 0) is 4.79 Å². The van der Waals surface area contributed by atoms with Crippen LogP contribution in [0.5, 0.6) is 0 Å².